The largest absolute Gasteiger partial charge is 0.254 e. The Morgan fingerprint density at radius 3 is 2.35 bits per heavy atom. The van der Waals surface area contributed by atoms with E-state index in [1.165, 1.54) is 24.0 Å². The molecule has 242 valence electrons. The molecule has 0 bridgehead atoms. The van der Waals surface area contributed by atoms with Crippen LogP contribution in [0.3, 0.4) is 0 Å². The van der Waals surface area contributed by atoms with E-state index in [1.807, 2.05) is 37.4 Å². The third-order valence-corrected chi connectivity index (χ3v) is 9.49. The first-order valence-electron chi connectivity index (χ1n) is 17.4. The predicted molar refractivity (Wildman–Crippen MR) is 209 cm³/mol. The van der Waals surface area contributed by atoms with Crippen LogP contribution in [0.5, 0.6) is 0 Å². The second-order valence-electron chi connectivity index (χ2n) is 13.2. The van der Waals surface area contributed by atoms with Crippen LogP contribution in [-0.4, -0.2) is 22.2 Å². The van der Waals surface area contributed by atoms with Gasteiger partial charge in [0.2, 0.25) is 0 Å². The summed E-state index contributed by atoms with van der Waals surface area (Å²) >= 11 is 0. The van der Waals surface area contributed by atoms with Crippen molar-refractivity contribution >= 4 is 50.7 Å². The van der Waals surface area contributed by atoms with Gasteiger partial charge < -0.3 is 0 Å². The number of rotatable bonds is 7. The lowest BCUT2D eigenvalue weighted by molar-refractivity contribution is 0.742. The molecule has 0 saturated heterocycles. The summed E-state index contributed by atoms with van der Waals surface area (Å²) in [6, 6.07) is 35.9. The molecular formula is C45H42N4. The fraction of sp³-hybridized carbons (Fsp3) is 0.200. The van der Waals surface area contributed by atoms with Crippen LogP contribution in [0.15, 0.2) is 143 Å². The van der Waals surface area contributed by atoms with E-state index >= 15 is 0 Å². The minimum Gasteiger partial charge on any atom is -0.254 e. The highest BCUT2D eigenvalue weighted by Crippen LogP contribution is 2.39. The van der Waals surface area contributed by atoms with Crippen molar-refractivity contribution < 1.29 is 0 Å². The third kappa shape index (κ3) is 7.05. The first-order valence-corrected chi connectivity index (χ1v) is 17.4. The van der Waals surface area contributed by atoms with Gasteiger partial charge in [-0.3, -0.25) is 9.98 Å². The minimum atomic E-state index is 0.322. The van der Waals surface area contributed by atoms with Crippen molar-refractivity contribution in [1.29, 1.82) is 0 Å². The van der Waals surface area contributed by atoms with E-state index in [2.05, 4.69) is 111 Å². The van der Waals surface area contributed by atoms with Crippen molar-refractivity contribution in [3.8, 4) is 0 Å². The summed E-state index contributed by atoms with van der Waals surface area (Å²) in [5.41, 5.74) is 13.6. The number of nitrogens with zero attached hydrogens (tertiary/aromatic N) is 4. The quantitative estimate of drug-likeness (QED) is 0.129. The normalized spacial score (nSPS) is 15.3. The van der Waals surface area contributed by atoms with Crippen LogP contribution in [0.4, 0.5) is 5.69 Å². The predicted octanol–water partition coefficient (Wildman–Crippen LogP) is 11.7. The number of aromatic nitrogens is 1. The Kier molecular flexibility index (Phi) is 9.38. The highest BCUT2D eigenvalue weighted by atomic mass is 14.9. The van der Waals surface area contributed by atoms with Crippen molar-refractivity contribution in [2.24, 2.45) is 20.9 Å². The van der Waals surface area contributed by atoms with Crippen LogP contribution >= 0.6 is 0 Å². The van der Waals surface area contributed by atoms with Gasteiger partial charge >= 0.3 is 0 Å². The molecule has 0 spiro atoms. The van der Waals surface area contributed by atoms with Crippen LogP contribution in [0.25, 0.3) is 27.7 Å². The van der Waals surface area contributed by atoms with E-state index in [0.717, 1.165) is 80.7 Å². The van der Waals surface area contributed by atoms with Gasteiger partial charge in [0.15, 0.2) is 5.84 Å². The van der Waals surface area contributed by atoms with E-state index in [9.17, 15) is 0 Å². The second-order valence-corrected chi connectivity index (χ2v) is 13.2. The Balaban J connectivity index is 1.30. The number of hydrogen-bond acceptors (Lipinski definition) is 3. The van der Waals surface area contributed by atoms with Gasteiger partial charge in [-0.25, -0.2) is 9.98 Å². The van der Waals surface area contributed by atoms with Crippen LogP contribution < -0.4 is 0 Å². The highest BCUT2D eigenvalue weighted by molar-refractivity contribution is 6.13. The molecular weight excluding hydrogens is 597 g/mol. The molecule has 7 rings (SSSR count). The molecule has 0 N–H and O–H groups in total. The lowest BCUT2D eigenvalue weighted by Crippen LogP contribution is -2.05. The molecule has 4 heteroatoms. The van der Waals surface area contributed by atoms with E-state index in [0.29, 0.717) is 17.5 Å². The monoisotopic (exact) mass is 638 g/mol. The molecule has 1 aromatic heterocycles. The molecule has 0 unspecified atom stereocenters. The lowest BCUT2D eigenvalue weighted by Gasteiger charge is -2.14. The lowest BCUT2D eigenvalue weighted by atomic mass is 9.93. The number of allylic oxidation sites excluding steroid dienone is 3. The average Bonchev–Trinajstić information content (AvgIpc) is 3.36. The summed E-state index contributed by atoms with van der Waals surface area (Å²) in [5.74, 6) is 0.947. The van der Waals surface area contributed by atoms with Crippen LogP contribution in [-0.2, 0) is 0 Å². The second kappa shape index (κ2) is 14.3. The zero-order valence-corrected chi connectivity index (χ0v) is 28.7. The van der Waals surface area contributed by atoms with Gasteiger partial charge in [-0.1, -0.05) is 124 Å². The zero-order valence-electron chi connectivity index (χ0n) is 28.7. The van der Waals surface area contributed by atoms with Gasteiger partial charge in [0.1, 0.15) is 0 Å². The number of aliphatic imine (C=N–C) groups is 3. The fourth-order valence-electron chi connectivity index (χ4n) is 6.66. The Morgan fingerprint density at radius 2 is 1.57 bits per heavy atom. The first-order chi connectivity index (χ1) is 23.9. The molecule has 0 saturated carbocycles. The zero-order chi connectivity index (χ0) is 33.7. The van der Waals surface area contributed by atoms with Crippen LogP contribution in [0.1, 0.15) is 86.3 Å². The van der Waals surface area contributed by atoms with Gasteiger partial charge in [0.25, 0.3) is 0 Å². The summed E-state index contributed by atoms with van der Waals surface area (Å²) in [4.78, 5) is 20.3. The number of hydrogen-bond donors (Lipinski definition) is 0. The summed E-state index contributed by atoms with van der Waals surface area (Å²) in [6.07, 6.45) is 12.2. The first kappa shape index (κ1) is 32.1. The van der Waals surface area contributed by atoms with E-state index in [1.54, 1.807) is 0 Å². The average molecular weight is 639 g/mol. The van der Waals surface area contributed by atoms with Crippen LogP contribution in [0.2, 0.25) is 0 Å². The van der Waals surface area contributed by atoms with Crippen molar-refractivity contribution in [2.75, 3.05) is 0 Å². The van der Waals surface area contributed by atoms with Crippen molar-refractivity contribution in [3.05, 3.63) is 161 Å². The van der Waals surface area contributed by atoms with Crippen molar-refractivity contribution in [3.63, 3.8) is 0 Å². The highest BCUT2D eigenvalue weighted by Gasteiger charge is 2.20. The van der Waals surface area contributed by atoms with Gasteiger partial charge in [-0.15, -0.1) is 0 Å². The Bertz CT molecular complexity index is 2180. The minimum absolute atomic E-state index is 0.322. The van der Waals surface area contributed by atoms with E-state index in [4.69, 9.17) is 20.0 Å². The summed E-state index contributed by atoms with van der Waals surface area (Å²) in [5, 5.41) is 1.09. The molecule has 1 aliphatic heterocycles. The molecule has 2 aliphatic rings. The molecule has 1 aliphatic carbocycles. The third-order valence-electron chi connectivity index (χ3n) is 9.49. The summed E-state index contributed by atoms with van der Waals surface area (Å²) in [6.45, 7) is 10.9. The summed E-state index contributed by atoms with van der Waals surface area (Å²) in [7, 11) is 0. The molecule has 4 nitrogen and oxygen atoms in total. The molecule has 0 radical (unpaired) electrons. The smallest absolute Gasteiger partial charge is 0.160 e. The van der Waals surface area contributed by atoms with Gasteiger partial charge in [-0.05, 0) is 84.1 Å². The molecule has 2 heterocycles. The van der Waals surface area contributed by atoms with Gasteiger partial charge in [0, 0.05) is 40.6 Å². The standard InChI is InChI=1S/C45H42N4/c1-30(2)42-27-26-40(41-25-24-37-19-12-28-46-43(37)44(41)49-42)38-17-11-18-39(29-38)45(47-31(3)33-13-7-5-8-14-33)48-32(4)34-20-22-36(23-21-34)35-15-9-6-10-16-35/h5,7-8,11-15,17-26,28-30H,4,6,9-10,16,27H2,1-3H3. The number of pyridine rings is 1. The van der Waals surface area contributed by atoms with Crippen molar-refractivity contribution in [2.45, 2.75) is 52.9 Å². The maximum absolute atomic E-state index is 5.22. The maximum Gasteiger partial charge on any atom is 0.160 e. The van der Waals surface area contributed by atoms with E-state index < -0.39 is 0 Å². The van der Waals surface area contributed by atoms with E-state index in [-0.39, 0.29) is 0 Å². The number of amidine groups is 1. The van der Waals surface area contributed by atoms with Gasteiger partial charge in [0.05, 0.1) is 16.9 Å². The number of benzene rings is 4. The Hall–Kier alpha value is -5.48. The molecule has 4 aromatic carbocycles. The van der Waals surface area contributed by atoms with Crippen LogP contribution in [0, 0.1) is 5.92 Å². The number of fused-ring (bicyclic) bond motifs is 3. The topological polar surface area (TPSA) is 50.0 Å². The van der Waals surface area contributed by atoms with Gasteiger partial charge in [-0.2, -0.15) is 0 Å². The Morgan fingerprint density at radius 1 is 0.755 bits per heavy atom. The molecule has 49 heavy (non-hydrogen) atoms. The Labute approximate surface area is 290 Å². The summed E-state index contributed by atoms with van der Waals surface area (Å²) < 4.78 is 0. The molecule has 0 fully saturated rings. The SMILES string of the molecule is C=C(N=C(N=C(C)c1ccccc1)c1cccc(C2=CCC(C(C)C)=Nc3c2ccc2cccnc32)c1)c1ccc(C2=CCCCC2)cc1. The van der Waals surface area contributed by atoms with Crippen molar-refractivity contribution in [1.82, 2.24) is 4.98 Å². The fourth-order valence-corrected chi connectivity index (χ4v) is 6.66. The molecule has 0 amide bonds. The molecule has 5 aromatic rings. The molecule has 0 atom stereocenters. The maximum atomic E-state index is 5.22.